The molecule has 2 fully saturated rings. The van der Waals surface area contributed by atoms with Crippen molar-refractivity contribution in [3.63, 3.8) is 0 Å². The van der Waals surface area contributed by atoms with E-state index in [4.69, 9.17) is 0 Å². The zero-order valence-corrected chi connectivity index (χ0v) is 13.5. The van der Waals surface area contributed by atoms with E-state index in [-0.39, 0.29) is 0 Å². The van der Waals surface area contributed by atoms with Crippen LogP contribution in [0, 0.1) is 11.8 Å². The molecule has 2 aliphatic rings. The Balaban J connectivity index is 0.000000861. The lowest BCUT2D eigenvalue weighted by Crippen LogP contribution is -2.54. The van der Waals surface area contributed by atoms with Crippen LogP contribution < -0.4 is 0 Å². The number of rotatable bonds is 3. The Bertz CT molecular complexity index is 264. The molecule has 2 rings (SSSR count). The maximum absolute atomic E-state index is 11.5. The summed E-state index contributed by atoms with van der Waals surface area (Å²) in [5.74, 6) is 1.99. The highest BCUT2D eigenvalue weighted by atomic mass is 16.2. The highest BCUT2D eigenvalue weighted by Crippen LogP contribution is 2.32. The molecule has 0 aromatic rings. The highest BCUT2D eigenvalue weighted by molar-refractivity contribution is 5.76. The average Bonchev–Trinajstić information content (AvgIpc) is 2.39. The minimum atomic E-state index is 0.334. The first-order valence-corrected chi connectivity index (χ1v) is 8.13. The molecule has 0 N–H and O–H groups in total. The van der Waals surface area contributed by atoms with Gasteiger partial charge in [0.25, 0.3) is 0 Å². The lowest BCUT2D eigenvalue weighted by atomic mass is 9.79. The number of piperidine rings is 1. The third kappa shape index (κ3) is 4.20. The van der Waals surface area contributed by atoms with Gasteiger partial charge in [0.1, 0.15) is 0 Å². The third-order valence-electron chi connectivity index (χ3n) is 4.54. The van der Waals surface area contributed by atoms with Crippen LogP contribution in [0.5, 0.6) is 0 Å². The van der Waals surface area contributed by atoms with Gasteiger partial charge in [0.05, 0.1) is 0 Å². The molecule has 1 amide bonds. The molecular formula is C16H32N2O. The van der Waals surface area contributed by atoms with Crippen molar-refractivity contribution in [1.29, 1.82) is 0 Å². The van der Waals surface area contributed by atoms with Gasteiger partial charge in [0.15, 0.2) is 0 Å². The Morgan fingerprint density at radius 2 is 1.63 bits per heavy atom. The van der Waals surface area contributed by atoms with Gasteiger partial charge in [-0.2, -0.15) is 0 Å². The fraction of sp³-hybridized carbons (Fsp3) is 0.938. The maximum Gasteiger partial charge on any atom is 0.222 e. The monoisotopic (exact) mass is 268 g/mol. The minimum Gasteiger partial charge on any atom is -0.342 e. The number of amides is 1. The molecule has 2 saturated heterocycles. The molecular weight excluding hydrogens is 236 g/mol. The van der Waals surface area contributed by atoms with Crippen LogP contribution in [-0.4, -0.2) is 47.9 Å². The van der Waals surface area contributed by atoms with Crippen LogP contribution in [0.1, 0.15) is 53.9 Å². The van der Waals surface area contributed by atoms with Crippen LogP contribution >= 0.6 is 0 Å². The summed E-state index contributed by atoms with van der Waals surface area (Å²) in [4.78, 5) is 16.1. The summed E-state index contributed by atoms with van der Waals surface area (Å²) in [7, 11) is 0. The van der Waals surface area contributed by atoms with Gasteiger partial charge in [-0.25, -0.2) is 0 Å². The average molecular weight is 268 g/mol. The van der Waals surface area contributed by atoms with Crippen LogP contribution in [-0.2, 0) is 4.79 Å². The Hall–Kier alpha value is -0.570. The van der Waals surface area contributed by atoms with Crippen molar-refractivity contribution in [2.24, 2.45) is 11.8 Å². The molecule has 112 valence electrons. The standard InChI is InChI=1S/C14H26N2O.C2H6/c1-4-14(17)16-9-13(10-16)12-5-7-15(8-6-12)11(2)3;1-2/h11-13H,4-10H2,1-3H3;1-2H3. The molecule has 0 radical (unpaired) electrons. The van der Waals surface area contributed by atoms with Crippen molar-refractivity contribution in [3.05, 3.63) is 0 Å². The van der Waals surface area contributed by atoms with E-state index >= 15 is 0 Å². The van der Waals surface area contributed by atoms with E-state index in [1.165, 1.54) is 25.9 Å². The quantitative estimate of drug-likeness (QED) is 0.785. The van der Waals surface area contributed by atoms with Crippen LogP contribution in [0.3, 0.4) is 0 Å². The first-order valence-electron chi connectivity index (χ1n) is 8.13. The largest absolute Gasteiger partial charge is 0.342 e. The van der Waals surface area contributed by atoms with Gasteiger partial charge in [-0.15, -0.1) is 0 Å². The van der Waals surface area contributed by atoms with Crippen LogP contribution in [0.4, 0.5) is 0 Å². The zero-order chi connectivity index (χ0) is 14.4. The summed E-state index contributed by atoms with van der Waals surface area (Å²) in [5.41, 5.74) is 0. The van der Waals surface area contributed by atoms with E-state index in [9.17, 15) is 4.79 Å². The van der Waals surface area contributed by atoms with Gasteiger partial charge in [-0.3, -0.25) is 4.79 Å². The molecule has 2 aliphatic heterocycles. The van der Waals surface area contributed by atoms with E-state index in [0.717, 1.165) is 24.9 Å². The number of hydrogen-bond donors (Lipinski definition) is 0. The van der Waals surface area contributed by atoms with Gasteiger partial charge in [0.2, 0.25) is 5.91 Å². The third-order valence-corrected chi connectivity index (χ3v) is 4.54. The van der Waals surface area contributed by atoms with Crippen molar-refractivity contribution in [2.75, 3.05) is 26.2 Å². The smallest absolute Gasteiger partial charge is 0.222 e. The summed E-state index contributed by atoms with van der Waals surface area (Å²) in [6.45, 7) is 15.1. The van der Waals surface area contributed by atoms with E-state index in [0.29, 0.717) is 18.4 Å². The number of carbonyl (C=O) groups excluding carboxylic acids is 1. The Morgan fingerprint density at radius 3 is 2.05 bits per heavy atom. The fourth-order valence-corrected chi connectivity index (χ4v) is 3.15. The second-order valence-electron chi connectivity index (χ2n) is 5.88. The molecule has 0 aromatic heterocycles. The van der Waals surface area contributed by atoms with E-state index < -0.39 is 0 Å². The zero-order valence-electron chi connectivity index (χ0n) is 13.5. The van der Waals surface area contributed by atoms with Crippen LogP contribution in [0.2, 0.25) is 0 Å². The lowest BCUT2D eigenvalue weighted by molar-refractivity contribution is -0.139. The summed E-state index contributed by atoms with van der Waals surface area (Å²) in [6.07, 6.45) is 3.33. The maximum atomic E-state index is 11.5. The molecule has 0 saturated carbocycles. The first kappa shape index (κ1) is 16.5. The van der Waals surface area contributed by atoms with Crippen molar-refractivity contribution < 1.29 is 4.79 Å². The predicted octanol–water partition coefficient (Wildman–Crippen LogP) is 3.00. The second kappa shape index (κ2) is 7.88. The molecule has 0 aliphatic carbocycles. The first-order chi connectivity index (χ1) is 9.11. The predicted molar refractivity (Wildman–Crippen MR) is 81.1 cm³/mol. The molecule has 0 spiro atoms. The SMILES string of the molecule is CC.CCC(=O)N1CC(C2CCN(C(C)C)CC2)C1. The molecule has 0 unspecified atom stereocenters. The van der Waals surface area contributed by atoms with Crippen molar-refractivity contribution in [3.8, 4) is 0 Å². The van der Waals surface area contributed by atoms with Gasteiger partial charge >= 0.3 is 0 Å². The Morgan fingerprint density at radius 1 is 1.11 bits per heavy atom. The molecule has 0 bridgehead atoms. The molecule has 3 heteroatoms. The molecule has 3 nitrogen and oxygen atoms in total. The molecule has 2 heterocycles. The van der Waals surface area contributed by atoms with Crippen molar-refractivity contribution in [1.82, 2.24) is 9.80 Å². The highest BCUT2D eigenvalue weighted by Gasteiger charge is 2.36. The second-order valence-corrected chi connectivity index (χ2v) is 5.88. The van der Waals surface area contributed by atoms with Crippen molar-refractivity contribution in [2.45, 2.75) is 59.9 Å². The number of nitrogens with zero attached hydrogens (tertiary/aromatic N) is 2. The van der Waals surface area contributed by atoms with Crippen molar-refractivity contribution >= 4 is 5.91 Å². The number of likely N-dealkylation sites (tertiary alicyclic amines) is 2. The van der Waals surface area contributed by atoms with Gasteiger partial charge in [0, 0.05) is 25.6 Å². The fourth-order valence-electron chi connectivity index (χ4n) is 3.15. The summed E-state index contributed by atoms with van der Waals surface area (Å²) in [6, 6.07) is 0.690. The Labute approximate surface area is 119 Å². The van der Waals surface area contributed by atoms with E-state index in [2.05, 4.69) is 18.7 Å². The van der Waals surface area contributed by atoms with E-state index in [1.54, 1.807) is 0 Å². The molecule has 0 atom stereocenters. The van der Waals surface area contributed by atoms with E-state index in [1.807, 2.05) is 25.7 Å². The van der Waals surface area contributed by atoms with Gasteiger partial charge < -0.3 is 9.80 Å². The van der Waals surface area contributed by atoms with Crippen LogP contribution in [0.15, 0.2) is 0 Å². The van der Waals surface area contributed by atoms with Gasteiger partial charge in [-0.1, -0.05) is 20.8 Å². The van der Waals surface area contributed by atoms with Gasteiger partial charge in [-0.05, 0) is 51.6 Å². The lowest BCUT2D eigenvalue weighted by Gasteiger charge is -2.46. The summed E-state index contributed by atoms with van der Waals surface area (Å²) >= 11 is 0. The molecule has 19 heavy (non-hydrogen) atoms. The number of carbonyl (C=O) groups is 1. The summed E-state index contributed by atoms with van der Waals surface area (Å²) in [5, 5.41) is 0. The summed E-state index contributed by atoms with van der Waals surface area (Å²) < 4.78 is 0. The van der Waals surface area contributed by atoms with Crippen LogP contribution in [0.25, 0.3) is 0 Å². The molecule has 0 aromatic carbocycles. The Kier molecular flexibility index (Phi) is 6.84. The number of hydrogen-bond acceptors (Lipinski definition) is 2. The normalized spacial score (nSPS) is 21.9. The minimum absolute atomic E-state index is 0.334. The topological polar surface area (TPSA) is 23.6 Å².